The fourth-order valence-electron chi connectivity index (χ4n) is 3.98. The van der Waals surface area contributed by atoms with Crippen LogP contribution in [0.4, 0.5) is 10.6 Å². The molecule has 0 spiro atoms. The van der Waals surface area contributed by atoms with Gasteiger partial charge in [-0.1, -0.05) is 12.1 Å². The Hall–Kier alpha value is -3.34. The van der Waals surface area contributed by atoms with Crippen LogP contribution in [0.25, 0.3) is 4.85 Å². The van der Waals surface area contributed by atoms with Gasteiger partial charge in [-0.05, 0) is 48.3 Å². The number of halogens is 1. The van der Waals surface area contributed by atoms with Crippen LogP contribution in [0.2, 0.25) is 0 Å². The van der Waals surface area contributed by atoms with Crippen molar-refractivity contribution in [2.24, 2.45) is 0 Å². The number of aromatic amines is 1. The van der Waals surface area contributed by atoms with Crippen LogP contribution in [0, 0.1) is 17.9 Å². The Kier molecular flexibility index (Phi) is 6.15. The molecule has 170 valence electrons. The number of ether oxygens (including phenoxy) is 2. The summed E-state index contributed by atoms with van der Waals surface area (Å²) < 4.78 is 12.2. The highest BCUT2D eigenvalue weighted by Gasteiger charge is 2.38. The van der Waals surface area contributed by atoms with Crippen molar-refractivity contribution in [1.29, 1.82) is 5.26 Å². The lowest BCUT2D eigenvalue weighted by atomic mass is 9.85. The number of carbonyl (C=O) groups is 1. The zero-order valence-corrected chi connectivity index (χ0v) is 20.1. The van der Waals surface area contributed by atoms with Gasteiger partial charge in [0.15, 0.2) is 5.70 Å². The number of hydrogen-bond donors (Lipinski definition) is 2. The van der Waals surface area contributed by atoms with E-state index in [1.54, 1.807) is 23.2 Å². The number of H-pyrrole nitrogens is 1. The molecule has 1 aromatic heterocycles. The number of morpholine rings is 1. The standard InChI is InChI=1S/C23H23BrN6O3/c1-23(2,3)33-22(31)30-8-9-32-16(12-30)19-20(26-4)17(15-11-27-29-21(15)28-19)14-7-5-6-13(10-25)18(14)24/h5-7,11,16-17H,8-9,12H2,1-3H3,(H2,27,28,29). The predicted octanol–water partition coefficient (Wildman–Crippen LogP) is 4.37. The number of amides is 1. The number of nitriles is 1. The van der Waals surface area contributed by atoms with Crippen molar-refractivity contribution >= 4 is 27.8 Å². The third-order valence-corrected chi connectivity index (χ3v) is 6.29. The Balaban J connectivity index is 1.74. The average molecular weight is 511 g/mol. The number of rotatable bonds is 2. The summed E-state index contributed by atoms with van der Waals surface area (Å²) in [7, 11) is 0. The molecule has 1 aromatic carbocycles. The van der Waals surface area contributed by atoms with Gasteiger partial charge in [0, 0.05) is 22.3 Å². The normalized spacial score (nSPS) is 20.4. The van der Waals surface area contributed by atoms with Gasteiger partial charge in [-0.15, -0.1) is 0 Å². The van der Waals surface area contributed by atoms with E-state index in [-0.39, 0.29) is 6.54 Å². The minimum atomic E-state index is -0.608. The molecule has 1 saturated heterocycles. The Morgan fingerprint density at radius 1 is 1.42 bits per heavy atom. The van der Waals surface area contributed by atoms with Crippen LogP contribution >= 0.6 is 15.9 Å². The van der Waals surface area contributed by atoms with Gasteiger partial charge in [-0.2, -0.15) is 10.4 Å². The summed E-state index contributed by atoms with van der Waals surface area (Å²) in [6, 6.07) is 7.57. The van der Waals surface area contributed by atoms with Crippen LogP contribution in [0.3, 0.4) is 0 Å². The van der Waals surface area contributed by atoms with Crippen molar-refractivity contribution in [3.05, 3.63) is 68.4 Å². The van der Waals surface area contributed by atoms with E-state index in [0.717, 1.165) is 11.1 Å². The second-order valence-electron chi connectivity index (χ2n) is 8.78. The highest BCUT2D eigenvalue weighted by Crippen LogP contribution is 2.45. The maximum absolute atomic E-state index is 12.6. The van der Waals surface area contributed by atoms with E-state index in [1.807, 2.05) is 26.8 Å². The zero-order chi connectivity index (χ0) is 23.8. The maximum atomic E-state index is 12.6. The summed E-state index contributed by atoms with van der Waals surface area (Å²) in [5, 5.41) is 19.9. The summed E-state index contributed by atoms with van der Waals surface area (Å²) in [5.41, 5.74) is 2.43. The molecule has 2 unspecified atom stereocenters. The summed E-state index contributed by atoms with van der Waals surface area (Å²) in [6.45, 7) is 14.4. The fraction of sp³-hybridized carbons (Fsp3) is 0.391. The van der Waals surface area contributed by atoms with E-state index in [4.69, 9.17) is 16.0 Å². The van der Waals surface area contributed by atoms with Gasteiger partial charge in [-0.3, -0.25) is 5.10 Å². The van der Waals surface area contributed by atoms with Crippen LogP contribution in [0.15, 0.2) is 40.3 Å². The van der Waals surface area contributed by atoms with Gasteiger partial charge in [0.25, 0.3) is 0 Å². The SMILES string of the molecule is [C-]#[N+]C1=C(C2CN(C(=O)OC(C)(C)C)CCO2)Nc2[nH]ncc2C1c1cccc(C#N)c1Br. The van der Waals surface area contributed by atoms with Crippen molar-refractivity contribution in [3.8, 4) is 6.07 Å². The van der Waals surface area contributed by atoms with Gasteiger partial charge < -0.3 is 19.7 Å². The van der Waals surface area contributed by atoms with E-state index in [1.165, 1.54) is 0 Å². The largest absolute Gasteiger partial charge is 0.444 e. The van der Waals surface area contributed by atoms with E-state index in [0.29, 0.717) is 40.4 Å². The summed E-state index contributed by atoms with van der Waals surface area (Å²) in [5.74, 6) is 0.185. The van der Waals surface area contributed by atoms with Crippen molar-refractivity contribution in [2.45, 2.75) is 38.4 Å². The number of hydrogen-bond acceptors (Lipinski definition) is 6. The molecule has 2 aliphatic rings. The topological polar surface area (TPSA) is 108 Å². The molecule has 0 bridgehead atoms. The minimum Gasteiger partial charge on any atom is -0.444 e. The number of aromatic nitrogens is 2. The van der Waals surface area contributed by atoms with Crippen molar-refractivity contribution < 1.29 is 14.3 Å². The van der Waals surface area contributed by atoms with Crippen LogP contribution in [0.1, 0.15) is 43.4 Å². The third kappa shape index (κ3) is 4.45. The van der Waals surface area contributed by atoms with Crippen LogP contribution in [-0.4, -0.2) is 52.6 Å². The minimum absolute atomic E-state index is 0.242. The number of anilines is 1. The molecular weight excluding hydrogens is 488 g/mol. The molecule has 4 rings (SSSR count). The van der Waals surface area contributed by atoms with E-state index >= 15 is 0 Å². The van der Waals surface area contributed by atoms with E-state index < -0.39 is 23.7 Å². The first-order chi connectivity index (χ1) is 15.7. The zero-order valence-electron chi connectivity index (χ0n) is 18.5. The van der Waals surface area contributed by atoms with E-state index in [2.05, 4.69) is 42.4 Å². The van der Waals surface area contributed by atoms with Crippen LogP contribution in [-0.2, 0) is 9.47 Å². The molecule has 2 aromatic rings. The Morgan fingerprint density at radius 2 is 2.21 bits per heavy atom. The number of nitrogens with one attached hydrogen (secondary N) is 2. The first kappa shape index (κ1) is 22.8. The highest BCUT2D eigenvalue weighted by atomic mass is 79.9. The summed E-state index contributed by atoms with van der Waals surface area (Å²) >= 11 is 3.55. The van der Waals surface area contributed by atoms with Crippen molar-refractivity contribution in [3.63, 3.8) is 0 Å². The smallest absolute Gasteiger partial charge is 0.410 e. The molecule has 2 atom stereocenters. The summed E-state index contributed by atoms with van der Waals surface area (Å²) in [4.78, 5) is 18.1. The second kappa shape index (κ2) is 8.89. The van der Waals surface area contributed by atoms with Crippen molar-refractivity contribution in [2.75, 3.05) is 25.0 Å². The van der Waals surface area contributed by atoms with Gasteiger partial charge in [0.05, 0.1) is 37.4 Å². The average Bonchev–Trinajstić information content (AvgIpc) is 3.25. The predicted molar refractivity (Wildman–Crippen MR) is 124 cm³/mol. The van der Waals surface area contributed by atoms with Crippen LogP contribution < -0.4 is 5.32 Å². The molecule has 1 fully saturated rings. The lowest BCUT2D eigenvalue weighted by Gasteiger charge is -2.37. The first-order valence-electron chi connectivity index (χ1n) is 10.4. The van der Waals surface area contributed by atoms with Crippen LogP contribution in [0.5, 0.6) is 0 Å². The molecule has 9 nitrogen and oxygen atoms in total. The maximum Gasteiger partial charge on any atom is 0.410 e. The monoisotopic (exact) mass is 510 g/mol. The lowest BCUT2D eigenvalue weighted by Crippen LogP contribution is -2.49. The number of nitrogens with zero attached hydrogens (tertiary/aromatic N) is 4. The molecule has 33 heavy (non-hydrogen) atoms. The number of carbonyl (C=O) groups excluding carboxylic acids is 1. The molecule has 0 radical (unpaired) electrons. The summed E-state index contributed by atoms with van der Waals surface area (Å²) in [6.07, 6.45) is 0.710. The molecule has 10 heteroatoms. The Morgan fingerprint density at radius 3 is 2.91 bits per heavy atom. The van der Waals surface area contributed by atoms with Gasteiger partial charge >= 0.3 is 6.09 Å². The molecule has 2 aliphatic heterocycles. The van der Waals surface area contributed by atoms with Gasteiger partial charge in [-0.25, -0.2) is 9.64 Å². The second-order valence-corrected chi connectivity index (χ2v) is 9.57. The number of fused-ring (bicyclic) bond motifs is 1. The fourth-order valence-corrected chi connectivity index (χ4v) is 4.56. The number of benzene rings is 1. The van der Waals surface area contributed by atoms with Gasteiger partial charge in [0.2, 0.25) is 0 Å². The Labute approximate surface area is 200 Å². The van der Waals surface area contributed by atoms with E-state index in [9.17, 15) is 10.1 Å². The molecular formula is C23H23BrN6O3. The molecule has 0 aliphatic carbocycles. The first-order valence-corrected chi connectivity index (χ1v) is 11.2. The van der Waals surface area contributed by atoms with Crippen molar-refractivity contribution in [1.82, 2.24) is 15.1 Å². The molecule has 3 heterocycles. The Bertz CT molecular complexity index is 1200. The molecule has 1 amide bonds. The number of allylic oxidation sites excluding steroid dienone is 1. The highest BCUT2D eigenvalue weighted by molar-refractivity contribution is 9.10. The third-order valence-electron chi connectivity index (χ3n) is 5.41. The quantitative estimate of drug-likeness (QED) is 0.580. The molecule has 0 saturated carbocycles. The van der Waals surface area contributed by atoms with Gasteiger partial charge in [0.1, 0.15) is 23.6 Å². The molecule has 2 N–H and O–H groups in total. The lowest BCUT2D eigenvalue weighted by molar-refractivity contribution is -0.0297.